The van der Waals surface area contributed by atoms with Gasteiger partial charge in [-0.1, -0.05) is 18.2 Å². The van der Waals surface area contributed by atoms with Crippen molar-refractivity contribution in [3.63, 3.8) is 0 Å². The third-order valence-corrected chi connectivity index (χ3v) is 2.95. The Bertz CT molecular complexity index is 404. The molecule has 0 aromatic heterocycles. The molecule has 2 rings (SSSR count). The third-order valence-electron chi connectivity index (χ3n) is 2.95. The number of fused-ring (bicyclic) bond motifs is 1. The van der Waals surface area contributed by atoms with Crippen molar-refractivity contribution in [2.24, 2.45) is 0 Å². The first-order chi connectivity index (χ1) is 7.72. The average Bonchev–Trinajstić information content (AvgIpc) is 2.70. The fourth-order valence-electron chi connectivity index (χ4n) is 2.07. The molecule has 0 aliphatic carbocycles. The standard InChI is InChI=1S/C12H16N2O2/c1-9(16)14-6-11-4-2-3-10(5-13-8-15)12(11)7-14/h2-4,13,15H,5-8H2,1H3. The summed E-state index contributed by atoms with van der Waals surface area (Å²) in [5.41, 5.74) is 3.60. The van der Waals surface area contributed by atoms with Crippen LogP contribution in [0.1, 0.15) is 23.6 Å². The van der Waals surface area contributed by atoms with Gasteiger partial charge < -0.3 is 10.0 Å². The predicted molar refractivity (Wildman–Crippen MR) is 60.3 cm³/mol. The zero-order valence-corrected chi connectivity index (χ0v) is 9.36. The molecule has 0 atom stereocenters. The number of rotatable bonds is 3. The maximum Gasteiger partial charge on any atom is 0.220 e. The molecule has 0 unspecified atom stereocenters. The Morgan fingerprint density at radius 2 is 2.31 bits per heavy atom. The van der Waals surface area contributed by atoms with E-state index in [0.717, 1.165) is 5.56 Å². The van der Waals surface area contributed by atoms with E-state index in [1.165, 1.54) is 11.1 Å². The van der Waals surface area contributed by atoms with Gasteiger partial charge in [-0.25, -0.2) is 0 Å². The van der Waals surface area contributed by atoms with E-state index in [-0.39, 0.29) is 12.6 Å². The maximum atomic E-state index is 11.3. The second-order valence-corrected chi connectivity index (χ2v) is 4.01. The van der Waals surface area contributed by atoms with Crippen LogP contribution < -0.4 is 5.32 Å². The first-order valence-electron chi connectivity index (χ1n) is 5.39. The van der Waals surface area contributed by atoms with Crippen molar-refractivity contribution < 1.29 is 9.90 Å². The fourth-order valence-corrected chi connectivity index (χ4v) is 2.07. The second kappa shape index (κ2) is 4.63. The summed E-state index contributed by atoms with van der Waals surface area (Å²) in [4.78, 5) is 13.1. The smallest absolute Gasteiger partial charge is 0.220 e. The molecule has 16 heavy (non-hydrogen) atoms. The van der Waals surface area contributed by atoms with Crippen LogP contribution in [0.3, 0.4) is 0 Å². The lowest BCUT2D eigenvalue weighted by atomic mass is 10.0. The van der Waals surface area contributed by atoms with Gasteiger partial charge in [0.05, 0.1) is 6.73 Å². The van der Waals surface area contributed by atoms with E-state index in [0.29, 0.717) is 19.6 Å². The largest absolute Gasteiger partial charge is 0.381 e. The van der Waals surface area contributed by atoms with Crippen molar-refractivity contribution in [1.29, 1.82) is 0 Å². The highest BCUT2D eigenvalue weighted by atomic mass is 16.3. The average molecular weight is 220 g/mol. The lowest BCUT2D eigenvalue weighted by Crippen LogP contribution is -2.22. The van der Waals surface area contributed by atoms with Gasteiger partial charge in [0.2, 0.25) is 5.91 Å². The van der Waals surface area contributed by atoms with Crippen molar-refractivity contribution in [2.45, 2.75) is 26.6 Å². The number of carbonyl (C=O) groups excluding carboxylic acids is 1. The fraction of sp³-hybridized carbons (Fsp3) is 0.417. The molecular weight excluding hydrogens is 204 g/mol. The molecule has 0 saturated carbocycles. The third kappa shape index (κ3) is 2.08. The molecule has 1 aliphatic rings. The number of nitrogens with zero attached hydrogens (tertiary/aromatic N) is 1. The quantitative estimate of drug-likeness (QED) is 0.733. The number of aliphatic hydroxyl groups excluding tert-OH is 1. The number of benzene rings is 1. The van der Waals surface area contributed by atoms with Gasteiger partial charge in [-0.2, -0.15) is 0 Å². The molecule has 0 spiro atoms. The summed E-state index contributed by atoms with van der Waals surface area (Å²) < 4.78 is 0. The molecule has 0 saturated heterocycles. The van der Waals surface area contributed by atoms with E-state index in [1.807, 2.05) is 17.0 Å². The summed E-state index contributed by atoms with van der Waals surface area (Å²) in [5.74, 6) is 0.109. The molecular formula is C12H16N2O2. The van der Waals surface area contributed by atoms with Crippen molar-refractivity contribution in [3.8, 4) is 0 Å². The van der Waals surface area contributed by atoms with Gasteiger partial charge in [0.25, 0.3) is 0 Å². The first kappa shape index (κ1) is 11.1. The lowest BCUT2D eigenvalue weighted by molar-refractivity contribution is -0.129. The van der Waals surface area contributed by atoms with Gasteiger partial charge in [0, 0.05) is 26.6 Å². The molecule has 0 bridgehead atoms. The number of hydrogen-bond donors (Lipinski definition) is 2. The van der Waals surface area contributed by atoms with E-state index in [2.05, 4.69) is 11.4 Å². The molecule has 0 fully saturated rings. The number of aliphatic hydroxyl groups is 1. The van der Waals surface area contributed by atoms with E-state index in [9.17, 15) is 4.79 Å². The molecule has 1 aromatic rings. The first-order valence-corrected chi connectivity index (χ1v) is 5.39. The van der Waals surface area contributed by atoms with Crippen LogP contribution >= 0.6 is 0 Å². The summed E-state index contributed by atoms with van der Waals surface area (Å²) in [6.45, 7) is 3.61. The van der Waals surface area contributed by atoms with Crippen LogP contribution in [0, 0.1) is 0 Å². The van der Waals surface area contributed by atoms with Crippen LogP contribution in [0.15, 0.2) is 18.2 Å². The highest BCUT2D eigenvalue weighted by Gasteiger charge is 2.22. The number of amides is 1. The summed E-state index contributed by atoms with van der Waals surface area (Å²) in [7, 11) is 0. The summed E-state index contributed by atoms with van der Waals surface area (Å²) in [6, 6.07) is 6.09. The Hall–Kier alpha value is -1.39. The van der Waals surface area contributed by atoms with Crippen LogP contribution in [0.5, 0.6) is 0 Å². The van der Waals surface area contributed by atoms with Gasteiger partial charge in [0.1, 0.15) is 0 Å². The van der Waals surface area contributed by atoms with Crippen molar-refractivity contribution in [1.82, 2.24) is 10.2 Å². The second-order valence-electron chi connectivity index (χ2n) is 4.01. The minimum absolute atomic E-state index is 0.0277. The maximum absolute atomic E-state index is 11.3. The molecule has 1 amide bonds. The van der Waals surface area contributed by atoms with Gasteiger partial charge >= 0.3 is 0 Å². The van der Waals surface area contributed by atoms with Crippen LogP contribution in [-0.4, -0.2) is 22.6 Å². The lowest BCUT2D eigenvalue weighted by Gasteiger charge is -2.12. The van der Waals surface area contributed by atoms with Crippen molar-refractivity contribution in [2.75, 3.05) is 6.73 Å². The van der Waals surface area contributed by atoms with E-state index < -0.39 is 0 Å². The highest BCUT2D eigenvalue weighted by molar-refractivity contribution is 5.74. The van der Waals surface area contributed by atoms with Crippen LogP contribution in [0.2, 0.25) is 0 Å². The molecule has 4 nitrogen and oxygen atoms in total. The van der Waals surface area contributed by atoms with Crippen LogP contribution in [0.4, 0.5) is 0 Å². The van der Waals surface area contributed by atoms with Crippen LogP contribution in [-0.2, 0) is 24.4 Å². The zero-order valence-electron chi connectivity index (χ0n) is 9.36. The Morgan fingerprint density at radius 1 is 1.50 bits per heavy atom. The summed E-state index contributed by atoms with van der Waals surface area (Å²) in [6.07, 6.45) is 0. The van der Waals surface area contributed by atoms with Gasteiger partial charge in [0.15, 0.2) is 0 Å². The molecule has 1 aliphatic heterocycles. The Kier molecular flexibility index (Phi) is 3.22. The monoisotopic (exact) mass is 220 g/mol. The van der Waals surface area contributed by atoms with Crippen molar-refractivity contribution >= 4 is 5.91 Å². The topological polar surface area (TPSA) is 52.6 Å². The zero-order chi connectivity index (χ0) is 11.5. The minimum atomic E-state index is -0.0277. The number of carbonyl (C=O) groups is 1. The van der Waals surface area contributed by atoms with Gasteiger partial charge in [-0.05, 0) is 16.7 Å². The minimum Gasteiger partial charge on any atom is -0.381 e. The molecule has 1 heterocycles. The molecule has 1 aromatic carbocycles. The number of nitrogens with one attached hydrogen (secondary N) is 1. The Labute approximate surface area is 94.9 Å². The molecule has 2 N–H and O–H groups in total. The SMILES string of the molecule is CC(=O)N1Cc2cccc(CNCO)c2C1. The van der Waals surface area contributed by atoms with E-state index in [4.69, 9.17) is 5.11 Å². The Balaban J connectivity index is 2.20. The molecule has 86 valence electrons. The summed E-state index contributed by atoms with van der Waals surface area (Å²) >= 11 is 0. The van der Waals surface area contributed by atoms with Crippen molar-refractivity contribution in [3.05, 3.63) is 34.9 Å². The van der Waals surface area contributed by atoms with Gasteiger partial charge in [-0.15, -0.1) is 0 Å². The molecule has 0 radical (unpaired) electrons. The van der Waals surface area contributed by atoms with E-state index >= 15 is 0 Å². The normalized spacial score (nSPS) is 14.0. The molecule has 4 heteroatoms. The van der Waals surface area contributed by atoms with Gasteiger partial charge in [-0.3, -0.25) is 10.1 Å². The Morgan fingerprint density at radius 3 is 3.00 bits per heavy atom. The summed E-state index contributed by atoms with van der Waals surface area (Å²) in [5, 5.41) is 11.6. The van der Waals surface area contributed by atoms with E-state index in [1.54, 1.807) is 6.92 Å². The number of hydrogen-bond acceptors (Lipinski definition) is 3. The highest BCUT2D eigenvalue weighted by Crippen LogP contribution is 2.25. The predicted octanol–water partition coefficient (Wildman–Crippen LogP) is 0.588. The van der Waals surface area contributed by atoms with Crippen LogP contribution in [0.25, 0.3) is 0 Å².